The summed E-state index contributed by atoms with van der Waals surface area (Å²) in [7, 11) is 0. The van der Waals surface area contributed by atoms with Crippen LogP contribution in [0.2, 0.25) is 0 Å². The standard InChI is InChI=1S/C21H23BrN2O4/c1-14-11-24(12-15(2)28-14)21(26)18-5-3-4-6-19(18)27-13-20(25)23-17-9-7-16(22)8-10-17/h3-10,14-15H,11-13H2,1-2H3,(H,23,25). The van der Waals surface area contributed by atoms with E-state index in [1.165, 1.54) is 0 Å². The second-order valence-electron chi connectivity index (χ2n) is 6.81. The normalized spacial score (nSPS) is 19.2. The molecular weight excluding hydrogens is 424 g/mol. The van der Waals surface area contributed by atoms with E-state index in [-0.39, 0.29) is 30.6 Å². The summed E-state index contributed by atoms with van der Waals surface area (Å²) < 4.78 is 12.3. The summed E-state index contributed by atoms with van der Waals surface area (Å²) in [5, 5.41) is 2.77. The fourth-order valence-electron chi connectivity index (χ4n) is 3.16. The lowest BCUT2D eigenvalue weighted by atomic mass is 10.1. The van der Waals surface area contributed by atoms with Gasteiger partial charge in [-0.15, -0.1) is 0 Å². The van der Waals surface area contributed by atoms with Crippen molar-refractivity contribution in [2.75, 3.05) is 25.0 Å². The molecule has 0 aromatic heterocycles. The van der Waals surface area contributed by atoms with Crippen molar-refractivity contribution < 1.29 is 19.1 Å². The Bertz CT molecular complexity index is 831. The number of amides is 2. The third kappa shape index (κ3) is 5.33. The zero-order valence-corrected chi connectivity index (χ0v) is 17.4. The van der Waals surface area contributed by atoms with E-state index >= 15 is 0 Å². The van der Waals surface area contributed by atoms with Crippen molar-refractivity contribution in [3.63, 3.8) is 0 Å². The number of morpholine rings is 1. The van der Waals surface area contributed by atoms with Gasteiger partial charge >= 0.3 is 0 Å². The quantitative estimate of drug-likeness (QED) is 0.759. The highest BCUT2D eigenvalue weighted by Gasteiger charge is 2.28. The number of carbonyl (C=O) groups is 2. The SMILES string of the molecule is CC1CN(C(=O)c2ccccc2OCC(=O)Nc2ccc(Br)cc2)CC(C)O1. The van der Waals surface area contributed by atoms with Gasteiger partial charge in [-0.1, -0.05) is 28.1 Å². The summed E-state index contributed by atoms with van der Waals surface area (Å²) in [5.41, 5.74) is 1.12. The molecule has 0 spiro atoms. The zero-order chi connectivity index (χ0) is 20.1. The minimum atomic E-state index is -0.293. The predicted molar refractivity (Wildman–Crippen MR) is 111 cm³/mol. The Hall–Kier alpha value is -2.38. The van der Waals surface area contributed by atoms with Gasteiger partial charge in [0.1, 0.15) is 5.75 Å². The first-order chi connectivity index (χ1) is 13.4. The van der Waals surface area contributed by atoms with Crippen LogP contribution >= 0.6 is 15.9 Å². The highest BCUT2D eigenvalue weighted by Crippen LogP contribution is 2.22. The van der Waals surface area contributed by atoms with E-state index in [1.54, 1.807) is 41.3 Å². The molecule has 1 heterocycles. The van der Waals surface area contributed by atoms with Crippen molar-refractivity contribution in [2.24, 2.45) is 0 Å². The number of halogens is 1. The summed E-state index contributed by atoms with van der Waals surface area (Å²) in [6, 6.07) is 14.3. The maximum Gasteiger partial charge on any atom is 0.262 e. The molecule has 0 bridgehead atoms. The molecule has 0 saturated carbocycles. The van der Waals surface area contributed by atoms with Crippen LogP contribution in [0, 0.1) is 0 Å². The van der Waals surface area contributed by atoms with Crippen molar-refractivity contribution in [3.05, 3.63) is 58.6 Å². The van der Waals surface area contributed by atoms with Crippen molar-refractivity contribution in [1.29, 1.82) is 0 Å². The van der Waals surface area contributed by atoms with E-state index in [1.807, 2.05) is 26.0 Å². The molecule has 0 aliphatic carbocycles. The number of ether oxygens (including phenoxy) is 2. The maximum absolute atomic E-state index is 13.0. The predicted octanol–water partition coefficient (Wildman–Crippen LogP) is 3.72. The van der Waals surface area contributed by atoms with Crippen LogP contribution < -0.4 is 10.1 Å². The van der Waals surface area contributed by atoms with Crippen molar-refractivity contribution in [3.8, 4) is 5.75 Å². The summed E-state index contributed by atoms with van der Waals surface area (Å²) in [6.07, 6.45) is -0.0325. The third-order valence-corrected chi connectivity index (χ3v) is 4.84. The van der Waals surface area contributed by atoms with E-state index in [9.17, 15) is 9.59 Å². The molecule has 1 N–H and O–H groups in total. The monoisotopic (exact) mass is 446 g/mol. The summed E-state index contributed by atoms with van der Waals surface area (Å²) >= 11 is 3.35. The minimum absolute atomic E-state index is 0.0162. The lowest BCUT2D eigenvalue weighted by molar-refractivity contribution is -0.118. The molecular formula is C21H23BrN2O4. The van der Waals surface area contributed by atoms with Gasteiger partial charge in [0.25, 0.3) is 11.8 Å². The molecule has 2 unspecified atom stereocenters. The molecule has 148 valence electrons. The Labute approximate surface area is 172 Å². The van der Waals surface area contributed by atoms with Gasteiger partial charge in [-0.25, -0.2) is 0 Å². The van der Waals surface area contributed by atoms with Crippen LogP contribution in [-0.4, -0.2) is 48.6 Å². The molecule has 2 amide bonds. The molecule has 7 heteroatoms. The molecule has 1 aliphatic heterocycles. The highest BCUT2D eigenvalue weighted by molar-refractivity contribution is 9.10. The van der Waals surface area contributed by atoms with E-state index < -0.39 is 0 Å². The molecule has 0 radical (unpaired) electrons. The van der Waals surface area contributed by atoms with Gasteiger partial charge in [-0.05, 0) is 50.2 Å². The number of hydrogen-bond donors (Lipinski definition) is 1. The Morgan fingerprint density at radius 1 is 1.11 bits per heavy atom. The van der Waals surface area contributed by atoms with Crippen LogP contribution in [0.15, 0.2) is 53.0 Å². The van der Waals surface area contributed by atoms with Crippen LogP contribution in [0.4, 0.5) is 5.69 Å². The summed E-state index contributed by atoms with van der Waals surface area (Å²) in [6.45, 7) is 4.77. The van der Waals surface area contributed by atoms with Crippen LogP contribution in [0.5, 0.6) is 5.75 Å². The van der Waals surface area contributed by atoms with Crippen molar-refractivity contribution >= 4 is 33.4 Å². The van der Waals surface area contributed by atoms with E-state index in [4.69, 9.17) is 9.47 Å². The largest absolute Gasteiger partial charge is 0.483 e. The van der Waals surface area contributed by atoms with Crippen LogP contribution in [0.3, 0.4) is 0 Å². The van der Waals surface area contributed by atoms with Gasteiger partial charge in [-0.3, -0.25) is 9.59 Å². The number of nitrogens with one attached hydrogen (secondary N) is 1. The molecule has 1 aliphatic rings. The number of carbonyl (C=O) groups excluding carboxylic acids is 2. The van der Waals surface area contributed by atoms with Gasteiger partial charge in [0.2, 0.25) is 0 Å². The van der Waals surface area contributed by atoms with Gasteiger partial charge < -0.3 is 19.7 Å². The van der Waals surface area contributed by atoms with Crippen molar-refractivity contribution in [2.45, 2.75) is 26.1 Å². The average Bonchev–Trinajstić information content (AvgIpc) is 2.67. The van der Waals surface area contributed by atoms with E-state index in [0.717, 1.165) is 4.47 Å². The first-order valence-electron chi connectivity index (χ1n) is 9.14. The Morgan fingerprint density at radius 2 is 1.75 bits per heavy atom. The first-order valence-corrected chi connectivity index (χ1v) is 9.93. The smallest absolute Gasteiger partial charge is 0.262 e. The first kappa shape index (κ1) is 20.4. The Kier molecular flexibility index (Phi) is 6.70. The Balaban J connectivity index is 1.64. The summed E-state index contributed by atoms with van der Waals surface area (Å²) in [5.74, 6) is -0.0191. The summed E-state index contributed by atoms with van der Waals surface area (Å²) in [4.78, 5) is 26.9. The number of hydrogen-bond acceptors (Lipinski definition) is 4. The number of para-hydroxylation sites is 1. The topological polar surface area (TPSA) is 67.9 Å². The zero-order valence-electron chi connectivity index (χ0n) is 15.9. The maximum atomic E-state index is 13.0. The molecule has 2 aromatic carbocycles. The fourth-order valence-corrected chi connectivity index (χ4v) is 3.42. The Morgan fingerprint density at radius 3 is 2.43 bits per heavy atom. The lowest BCUT2D eigenvalue weighted by Crippen LogP contribution is -2.48. The molecule has 2 aromatic rings. The number of benzene rings is 2. The minimum Gasteiger partial charge on any atom is -0.483 e. The molecule has 3 rings (SSSR count). The van der Waals surface area contributed by atoms with E-state index in [2.05, 4.69) is 21.2 Å². The van der Waals surface area contributed by atoms with Gasteiger partial charge in [0.05, 0.1) is 17.8 Å². The second-order valence-corrected chi connectivity index (χ2v) is 7.72. The average molecular weight is 447 g/mol. The van der Waals surface area contributed by atoms with Gasteiger partial charge in [0, 0.05) is 23.2 Å². The van der Waals surface area contributed by atoms with Gasteiger partial charge in [0.15, 0.2) is 6.61 Å². The molecule has 2 atom stereocenters. The lowest BCUT2D eigenvalue weighted by Gasteiger charge is -2.35. The highest BCUT2D eigenvalue weighted by atomic mass is 79.9. The number of anilines is 1. The second kappa shape index (κ2) is 9.21. The van der Waals surface area contributed by atoms with Gasteiger partial charge in [-0.2, -0.15) is 0 Å². The number of nitrogens with zero attached hydrogens (tertiary/aromatic N) is 1. The molecule has 6 nitrogen and oxygen atoms in total. The van der Waals surface area contributed by atoms with Crippen LogP contribution in [-0.2, 0) is 9.53 Å². The third-order valence-electron chi connectivity index (χ3n) is 4.31. The van der Waals surface area contributed by atoms with E-state index in [0.29, 0.717) is 30.1 Å². The molecule has 1 saturated heterocycles. The fraction of sp³-hybridized carbons (Fsp3) is 0.333. The van der Waals surface area contributed by atoms with Crippen LogP contribution in [0.1, 0.15) is 24.2 Å². The van der Waals surface area contributed by atoms with Crippen molar-refractivity contribution in [1.82, 2.24) is 4.90 Å². The molecule has 28 heavy (non-hydrogen) atoms. The molecule has 1 fully saturated rings. The van der Waals surface area contributed by atoms with Crippen LogP contribution in [0.25, 0.3) is 0 Å². The number of rotatable bonds is 5.